The van der Waals surface area contributed by atoms with Gasteiger partial charge in [-0.3, -0.25) is 15.0 Å². The molecule has 0 unspecified atom stereocenters. The van der Waals surface area contributed by atoms with Crippen LogP contribution in [0.5, 0.6) is 0 Å². The van der Waals surface area contributed by atoms with E-state index in [2.05, 4.69) is 5.43 Å². The minimum atomic E-state index is -0.154. The molecule has 0 radical (unpaired) electrons. The topological polar surface area (TPSA) is 75.4 Å². The van der Waals surface area contributed by atoms with Gasteiger partial charge in [-0.15, -0.1) is 11.3 Å². The molecular formula is C13H19N3O2S. The lowest BCUT2D eigenvalue weighted by atomic mass is 10.2. The van der Waals surface area contributed by atoms with E-state index < -0.39 is 0 Å². The van der Waals surface area contributed by atoms with E-state index in [0.717, 1.165) is 31.4 Å². The van der Waals surface area contributed by atoms with Crippen LogP contribution in [0.3, 0.4) is 0 Å². The second kappa shape index (κ2) is 6.68. The molecule has 0 fully saturated rings. The molecule has 0 atom stereocenters. The van der Waals surface area contributed by atoms with Gasteiger partial charge in [-0.1, -0.05) is 0 Å². The molecule has 1 aliphatic rings. The monoisotopic (exact) mass is 281 g/mol. The Hall–Kier alpha value is -1.40. The summed E-state index contributed by atoms with van der Waals surface area (Å²) in [6, 6.07) is 2.02. The number of aryl methyl sites for hydroxylation is 1. The smallest absolute Gasteiger partial charge is 0.233 e. The second-order valence-corrected chi connectivity index (χ2v) is 5.65. The predicted octanol–water partition coefficient (Wildman–Crippen LogP) is 1.58. The molecular weight excluding hydrogens is 262 g/mol. The first kappa shape index (κ1) is 14.0. The highest BCUT2D eigenvalue weighted by Gasteiger charge is 2.22. The fraction of sp³-hybridized carbons (Fsp3) is 0.538. The van der Waals surface area contributed by atoms with Crippen molar-refractivity contribution in [2.24, 2.45) is 5.84 Å². The quantitative estimate of drug-likeness (QED) is 0.372. The standard InChI is InChI=1S/C13H19N3O2S/c14-15-12(17)5-1-2-8-16-10-7-9-19-11(10)4-3-6-13(16)18/h7,9H,1-6,8,14H2,(H,15,17). The molecule has 104 valence electrons. The third-order valence-corrected chi connectivity index (χ3v) is 4.27. The Balaban J connectivity index is 1.91. The molecule has 2 heterocycles. The van der Waals surface area contributed by atoms with Crippen LogP contribution in [0.2, 0.25) is 0 Å². The number of thiophene rings is 1. The minimum absolute atomic E-state index is 0.154. The van der Waals surface area contributed by atoms with Crippen LogP contribution in [0.1, 0.15) is 37.0 Å². The van der Waals surface area contributed by atoms with Gasteiger partial charge in [0, 0.05) is 24.3 Å². The molecule has 5 nitrogen and oxygen atoms in total. The van der Waals surface area contributed by atoms with E-state index in [1.165, 1.54) is 4.88 Å². The molecule has 19 heavy (non-hydrogen) atoms. The Morgan fingerprint density at radius 1 is 1.42 bits per heavy atom. The molecule has 1 aliphatic heterocycles. The Kier molecular flexibility index (Phi) is 4.93. The van der Waals surface area contributed by atoms with Gasteiger partial charge in [-0.2, -0.15) is 0 Å². The van der Waals surface area contributed by atoms with Gasteiger partial charge in [0.25, 0.3) is 0 Å². The number of hydrazine groups is 1. The molecule has 2 rings (SSSR count). The first-order valence-electron chi connectivity index (χ1n) is 6.58. The number of fused-ring (bicyclic) bond motifs is 1. The summed E-state index contributed by atoms with van der Waals surface area (Å²) in [5.74, 6) is 5.07. The molecule has 0 aromatic carbocycles. The van der Waals surface area contributed by atoms with Crippen molar-refractivity contribution in [2.75, 3.05) is 11.4 Å². The molecule has 0 spiro atoms. The van der Waals surface area contributed by atoms with Crippen molar-refractivity contribution in [3.05, 3.63) is 16.3 Å². The van der Waals surface area contributed by atoms with Gasteiger partial charge in [0.1, 0.15) is 0 Å². The number of nitrogens with two attached hydrogens (primary N) is 1. The number of unbranched alkanes of at least 4 members (excludes halogenated alkanes) is 1. The lowest BCUT2D eigenvalue weighted by Crippen LogP contribution is -2.32. The summed E-state index contributed by atoms with van der Waals surface area (Å²) in [5.41, 5.74) is 3.18. The van der Waals surface area contributed by atoms with E-state index in [4.69, 9.17) is 5.84 Å². The highest BCUT2D eigenvalue weighted by molar-refractivity contribution is 7.10. The van der Waals surface area contributed by atoms with Crippen molar-refractivity contribution in [3.8, 4) is 0 Å². The molecule has 6 heteroatoms. The summed E-state index contributed by atoms with van der Waals surface area (Å²) in [4.78, 5) is 26.3. The maximum atomic E-state index is 12.1. The van der Waals surface area contributed by atoms with Crippen LogP contribution in [0, 0.1) is 0 Å². The Morgan fingerprint density at radius 3 is 3.05 bits per heavy atom. The van der Waals surface area contributed by atoms with Crippen molar-refractivity contribution < 1.29 is 9.59 Å². The van der Waals surface area contributed by atoms with Gasteiger partial charge in [-0.05, 0) is 37.1 Å². The van der Waals surface area contributed by atoms with Crippen molar-refractivity contribution in [3.63, 3.8) is 0 Å². The number of hydrogen-bond acceptors (Lipinski definition) is 4. The summed E-state index contributed by atoms with van der Waals surface area (Å²) < 4.78 is 0. The maximum absolute atomic E-state index is 12.1. The zero-order valence-corrected chi connectivity index (χ0v) is 11.7. The number of anilines is 1. The molecule has 3 N–H and O–H groups in total. The number of rotatable bonds is 5. The first-order chi connectivity index (χ1) is 9.22. The van der Waals surface area contributed by atoms with Gasteiger partial charge >= 0.3 is 0 Å². The Bertz CT molecular complexity index is 458. The first-order valence-corrected chi connectivity index (χ1v) is 7.46. The summed E-state index contributed by atoms with van der Waals surface area (Å²) in [6.07, 6.45) is 4.50. The predicted molar refractivity (Wildman–Crippen MR) is 75.8 cm³/mol. The van der Waals surface area contributed by atoms with E-state index in [1.54, 1.807) is 11.3 Å². The molecule has 2 amide bonds. The van der Waals surface area contributed by atoms with Gasteiger partial charge in [0.15, 0.2) is 0 Å². The van der Waals surface area contributed by atoms with Crippen molar-refractivity contribution in [1.82, 2.24) is 5.43 Å². The summed E-state index contributed by atoms with van der Waals surface area (Å²) >= 11 is 1.72. The highest BCUT2D eigenvalue weighted by Crippen LogP contribution is 2.31. The zero-order valence-electron chi connectivity index (χ0n) is 10.9. The molecule has 0 saturated carbocycles. The Labute approximate surface area is 116 Å². The molecule has 1 aromatic rings. The second-order valence-electron chi connectivity index (χ2n) is 4.65. The van der Waals surface area contributed by atoms with E-state index in [-0.39, 0.29) is 11.8 Å². The number of carbonyl (C=O) groups excluding carboxylic acids is 2. The average Bonchev–Trinajstić information content (AvgIpc) is 2.81. The number of nitrogens with one attached hydrogen (secondary N) is 1. The van der Waals surface area contributed by atoms with Crippen LogP contribution >= 0.6 is 11.3 Å². The van der Waals surface area contributed by atoms with Crippen molar-refractivity contribution >= 4 is 28.8 Å². The van der Waals surface area contributed by atoms with Crippen LogP contribution in [0.25, 0.3) is 0 Å². The number of hydrogen-bond donors (Lipinski definition) is 2. The normalized spacial score (nSPS) is 15.0. The number of carbonyl (C=O) groups is 2. The van der Waals surface area contributed by atoms with Crippen LogP contribution in [-0.2, 0) is 16.0 Å². The van der Waals surface area contributed by atoms with Gasteiger partial charge in [0.05, 0.1) is 5.69 Å². The fourth-order valence-corrected chi connectivity index (χ4v) is 3.23. The van der Waals surface area contributed by atoms with Crippen molar-refractivity contribution in [1.29, 1.82) is 0 Å². The zero-order chi connectivity index (χ0) is 13.7. The van der Waals surface area contributed by atoms with E-state index in [1.807, 2.05) is 16.3 Å². The van der Waals surface area contributed by atoms with Crippen LogP contribution in [0.4, 0.5) is 5.69 Å². The highest BCUT2D eigenvalue weighted by atomic mass is 32.1. The van der Waals surface area contributed by atoms with Gasteiger partial charge in [-0.25, -0.2) is 5.84 Å². The third kappa shape index (κ3) is 3.54. The minimum Gasteiger partial charge on any atom is -0.311 e. The number of nitrogens with zero attached hydrogens (tertiary/aromatic N) is 1. The van der Waals surface area contributed by atoms with Crippen molar-refractivity contribution in [2.45, 2.75) is 38.5 Å². The maximum Gasteiger partial charge on any atom is 0.233 e. The van der Waals surface area contributed by atoms with Crippen LogP contribution in [-0.4, -0.2) is 18.4 Å². The molecule has 1 aromatic heterocycles. The van der Waals surface area contributed by atoms with E-state index >= 15 is 0 Å². The molecule has 0 bridgehead atoms. The van der Waals surface area contributed by atoms with Gasteiger partial charge in [0.2, 0.25) is 11.8 Å². The van der Waals surface area contributed by atoms with E-state index in [0.29, 0.717) is 19.4 Å². The largest absolute Gasteiger partial charge is 0.311 e. The summed E-state index contributed by atoms with van der Waals surface area (Å²) in [6.45, 7) is 0.681. The SMILES string of the molecule is NNC(=O)CCCCN1C(=O)CCCc2sccc21. The molecule has 0 saturated heterocycles. The number of amides is 2. The summed E-state index contributed by atoms with van der Waals surface area (Å²) in [7, 11) is 0. The lowest BCUT2D eigenvalue weighted by molar-refractivity contribution is -0.121. The average molecular weight is 281 g/mol. The van der Waals surface area contributed by atoms with Crippen LogP contribution in [0.15, 0.2) is 11.4 Å². The third-order valence-electron chi connectivity index (χ3n) is 3.30. The summed E-state index contributed by atoms with van der Waals surface area (Å²) in [5, 5.41) is 2.04. The fourth-order valence-electron chi connectivity index (χ4n) is 2.30. The lowest BCUT2D eigenvalue weighted by Gasteiger charge is -2.21. The van der Waals surface area contributed by atoms with Gasteiger partial charge < -0.3 is 4.90 Å². The molecule has 0 aliphatic carbocycles. The Morgan fingerprint density at radius 2 is 2.26 bits per heavy atom. The van der Waals surface area contributed by atoms with Crippen LogP contribution < -0.4 is 16.2 Å². The van der Waals surface area contributed by atoms with E-state index in [9.17, 15) is 9.59 Å².